The number of benzene rings is 1. The number of fused-ring (bicyclic) bond motifs is 1. The van der Waals surface area contributed by atoms with Gasteiger partial charge >= 0.3 is 5.97 Å². The highest BCUT2D eigenvalue weighted by atomic mass is 35.5. The SMILES string of the molecule is CCOC(=O)c1cnn2c(Cl)cc(-c3ccc(SCC)cc3)nc12. The molecule has 5 nitrogen and oxygen atoms in total. The van der Waals surface area contributed by atoms with Crippen molar-refractivity contribution >= 4 is 35.0 Å². The Labute approximate surface area is 149 Å². The van der Waals surface area contributed by atoms with Gasteiger partial charge in [0.25, 0.3) is 0 Å². The zero-order chi connectivity index (χ0) is 17.1. The van der Waals surface area contributed by atoms with Crippen molar-refractivity contribution in [1.82, 2.24) is 14.6 Å². The average molecular weight is 362 g/mol. The van der Waals surface area contributed by atoms with Gasteiger partial charge in [-0.2, -0.15) is 5.10 Å². The molecule has 124 valence electrons. The van der Waals surface area contributed by atoms with E-state index in [2.05, 4.69) is 17.0 Å². The third-order valence-corrected chi connectivity index (χ3v) is 4.55. The van der Waals surface area contributed by atoms with Crippen molar-refractivity contribution in [1.29, 1.82) is 0 Å². The van der Waals surface area contributed by atoms with Crippen LogP contribution in [0.1, 0.15) is 24.2 Å². The lowest BCUT2D eigenvalue weighted by Crippen LogP contribution is -2.05. The zero-order valence-corrected chi connectivity index (χ0v) is 14.9. The molecule has 3 aromatic rings. The van der Waals surface area contributed by atoms with E-state index in [4.69, 9.17) is 16.3 Å². The Hall–Kier alpha value is -2.05. The van der Waals surface area contributed by atoms with Crippen molar-refractivity contribution in [2.75, 3.05) is 12.4 Å². The number of nitrogens with zero attached hydrogens (tertiary/aromatic N) is 3. The highest BCUT2D eigenvalue weighted by Gasteiger charge is 2.18. The van der Waals surface area contributed by atoms with Gasteiger partial charge in [0.1, 0.15) is 10.7 Å². The van der Waals surface area contributed by atoms with Crippen LogP contribution >= 0.6 is 23.4 Å². The van der Waals surface area contributed by atoms with Crippen LogP contribution < -0.4 is 0 Å². The second-order valence-corrected chi connectivity index (χ2v) is 6.66. The van der Waals surface area contributed by atoms with E-state index in [-0.39, 0.29) is 0 Å². The molecule has 7 heteroatoms. The van der Waals surface area contributed by atoms with E-state index in [9.17, 15) is 4.79 Å². The number of aromatic nitrogens is 3. The topological polar surface area (TPSA) is 56.5 Å². The molecule has 0 fully saturated rings. The molecular weight excluding hydrogens is 346 g/mol. The lowest BCUT2D eigenvalue weighted by Gasteiger charge is -2.06. The Bertz CT molecular complexity index is 877. The van der Waals surface area contributed by atoms with Gasteiger partial charge in [-0.15, -0.1) is 11.8 Å². The van der Waals surface area contributed by atoms with Crippen LogP contribution in [0.2, 0.25) is 5.15 Å². The maximum atomic E-state index is 12.0. The van der Waals surface area contributed by atoms with Gasteiger partial charge in [0.2, 0.25) is 0 Å². The molecule has 0 saturated carbocycles. The standard InChI is InChI=1S/C17H16ClN3O2S/c1-3-23-17(22)13-10-19-21-15(18)9-14(20-16(13)21)11-5-7-12(8-6-11)24-4-2/h5-10H,3-4H2,1-2H3. The molecule has 0 amide bonds. The molecule has 0 radical (unpaired) electrons. The first-order valence-corrected chi connectivity index (χ1v) is 8.95. The molecule has 1 aromatic carbocycles. The summed E-state index contributed by atoms with van der Waals surface area (Å²) < 4.78 is 6.47. The van der Waals surface area contributed by atoms with Crippen LogP contribution in [0.15, 0.2) is 41.4 Å². The third-order valence-electron chi connectivity index (χ3n) is 3.38. The van der Waals surface area contributed by atoms with Crippen LogP contribution in [0, 0.1) is 0 Å². The predicted molar refractivity (Wildman–Crippen MR) is 95.8 cm³/mol. The van der Waals surface area contributed by atoms with E-state index >= 15 is 0 Å². The number of ether oxygens (including phenoxy) is 1. The van der Waals surface area contributed by atoms with Crippen LogP contribution in [0.25, 0.3) is 16.9 Å². The Morgan fingerprint density at radius 3 is 2.71 bits per heavy atom. The first kappa shape index (κ1) is 16.8. The van der Waals surface area contributed by atoms with Crippen molar-refractivity contribution in [2.24, 2.45) is 0 Å². The Kier molecular flexibility index (Phi) is 5.06. The summed E-state index contributed by atoms with van der Waals surface area (Å²) >= 11 is 8.07. The summed E-state index contributed by atoms with van der Waals surface area (Å²) in [5.41, 5.74) is 2.31. The van der Waals surface area contributed by atoms with Crippen LogP contribution in [0.5, 0.6) is 0 Å². The number of carbonyl (C=O) groups is 1. The van der Waals surface area contributed by atoms with Gasteiger partial charge in [-0.05, 0) is 24.8 Å². The summed E-state index contributed by atoms with van der Waals surface area (Å²) in [7, 11) is 0. The van der Waals surface area contributed by atoms with Crippen molar-refractivity contribution in [2.45, 2.75) is 18.7 Å². The molecule has 0 saturated heterocycles. The summed E-state index contributed by atoms with van der Waals surface area (Å²) in [5.74, 6) is 0.566. The summed E-state index contributed by atoms with van der Waals surface area (Å²) in [6.07, 6.45) is 1.43. The monoisotopic (exact) mass is 361 g/mol. The smallest absolute Gasteiger partial charge is 0.343 e. The molecule has 2 heterocycles. The lowest BCUT2D eigenvalue weighted by molar-refractivity contribution is 0.0528. The Morgan fingerprint density at radius 1 is 1.29 bits per heavy atom. The number of esters is 1. The lowest BCUT2D eigenvalue weighted by atomic mass is 10.1. The number of hydrogen-bond acceptors (Lipinski definition) is 5. The van der Waals surface area contributed by atoms with E-state index in [1.807, 2.05) is 24.3 Å². The number of halogens is 1. The normalized spacial score (nSPS) is 11.0. The molecule has 3 rings (SSSR count). The van der Waals surface area contributed by atoms with E-state index in [1.54, 1.807) is 24.8 Å². The van der Waals surface area contributed by atoms with Crippen molar-refractivity contribution in [3.8, 4) is 11.3 Å². The highest BCUT2D eigenvalue weighted by molar-refractivity contribution is 7.99. The fourth-order valence-electron chi connectivity index (χ4n) is 2.32. The predicted octanol–water partition coefficient (Wildman–Crippen LogP) is 4.34. The maximum Gasteiger partial charge on any atom is 0.343 e. The zero-order valence-electron chi connectivity index (χ0n) is 13.3. The summed E-state index contributed by atoms with van der Waals surface area (Å²) in [5, 5.41) is 4.50. The minimum absolute atomic E-state index is 0.292. The van der Waals surface area contributed by atoms with E-state index in [1.165, 1.54) is 15.6 Å². The van der Waals surface area contributed by atoms with Gasteiger partial charge in [-0.1, -0.05) is 30.7 Å². The quantitative estimate of drug-likeness (QED) is 0.384. The maximum absolute atomic E-state index is 12.0. The van der Waals surface area contributed by atoms with Crippen LogP contribution in [0.3, 0.4) is 0 Å². The molecule has 0 N–H and O–H groups in total. The molecule has 0 unspecified atom stereocenters. The van der Waals surface area contributed by atoms with Crippen LogP contribution in [-0.2, 0) is 4.74 Å². The van der Waals surface area contributed by atoms with Gasteiger partial charge < -0.3 is 4.74 Å². The van der Waals surface area contributed by atoms with Crippen molar-refractivity contribution in [3.63, 3.8) is 0 Å². The molecule has 24 heavy (non-hydrogen) atoms. The number of rotatable bonds is 5. The Balaban J connectivity index is 2.05. The summed E-state index contributed by atoms with van der Waals surface area (Å²) in [6, 6.07) is 9.82. The molecule has 0 aliphatic heterocycles. The minimum Gasteiger partial charge on any atom is -0.462 e. The second kappa shape index (κ2) is 7.23. The van der Waals surface area contributed by atoms with E-state index < -0.39 is 5.97 Å². The Morgan fingerprint density at radius 2 is 2.04 bits per heavy atom. The van der Waals surface area contributed by atoms with E-state index in [0.717, 1.165) is 11.3 Å². The van der Waals surface area contributed by atoms with Gasteiger partial charge in [0.05, 0.1) is 18.5 Å². The highest BCUT2D eigenvalue weighted by Crippen LogP contribution is 2.26. The van der Waals surface area contributed by atoms with Crippen molar-refractivity contribution < 1.29 is 9.53 Å². The summed E-state index contributed by atoms with van der Waals surface area (Å²) in [4.78, 5) is 17.8. The van der Waals surface area contributed by atoms with Crippen molar-refractivity contribution in [3.05, 3.63) is 47.2 Å². The molecule has 0 spiro atoms. The van der Waals surface area contributed by atoms with Crippen LogP contribution in [-0.4, -0.2) is 32.9 Å². The molecule has 0 aliphatic rings. The fourth-order valence-corrected chi connectivity index (χ4v) is 3.20. The molecular formula is C17H16ClN3O2S. The first-order chi connectivity index (χ1) is 11.6. The number of carbonyl (C=O) groups excluding carboxylic acids is 1. The average Bonchev–Trinajstić information content (AvgIpc) is 3.01. The van der Waals surface area contributed by atoms with Crippen LogP contribution in [0.4, 0.5) is 0 Å². The third kappa shape index (κ3) is 3.25. The largest absolute Gasteiger partial charge is 0.462 e. The molecule has 0 aliphatic carbocycles. The second-order valence-electron chi connectivity index (χ2n) is 4.94. The molecule has 0 atom stereocenters. The summed E-state index contributed by atoms with van der Waals surface area (Å²) in [6.45, 7) is 4.16. The fraction of sp³-hybridized carbons (Fsp3) is 0.235. The van der Waals surface area contributed by atoms with Gasteiger partial charge in [-0.3, -0.25) is 0 Å². The number of hydrogen-bond donors (Lipinski definition) is 0. The van der Waals surface area contributed by atoms with E-state index in [0.29, 0.717) is 28.7 Å². The molecule has 2 aromatic heterocycles. The first-order valence-electron chi connectivity index (χ1n) is 7.58. The van der Waals surface area contributed by atoms with Gasteiger partial charge in [0.15, 0.2) is 5.65 Å². The van der Waals surface area contributed by atoms with Gasteiger partial charge in [0, 0.05) is 16.5 Å². The minimum atomic E-state index is -0.456. The molecule has 0 bridgehead atoms. The number of thioether (sulfide) groups is 1. The van der Waals surface area contributed by atoms with Gasteiger partial charge in [-0.25, -0.2) is 14.3 Å².